The van der Waals surface area contributed by atoms with Gasteiger partial charge in [0.15, 0.2) is 17.4 Å². The van der Waals surface area contributed by atoms with E-state index in [1.54, 1.807) is 0 Å². The smallest absolute Gasteiger partial charge is 0.258 e. The van der Waals surface area contributed by atoms with Gasteiger partial charge in [-0.15, -0.1) is 0 Å². The van der Waals surface area contributed by atoms with Crippen molar-refractivity contribution in [2.24, 2.45) is 0 Å². The maximum absolute atomic E-state index is 14.1. The monoisotopic (exact) mass is 272 g/mol. The Morgan fingerprint density at radius 3 is 2.58 bits per heavy atom. The van der Waals surface area contributed by atoms with E-state index in [-0.39, 0.29) is 17.9 Å². The first-order valence-corrected chi connectivity index (χ1v) is 6.02. The van der Waals surface area contributed by atoms with Gasteiger partial charge in [0.1, 0.15) is 5.56 Å². The topological polar surface area (TPSA) is 55.6 Å². The molecule has 1 rings (SSSR count). The van der Waals surface area contributed by atoms with E-state index in [0.29, 0.717) is 6.42 Å². The Hall–Kier alpha value is -1.85. The number of carbonyl (C=O) groups is 1. The molecule has 0 radical (unpaired) electrons. The highest BCUT2D eigenvalue weighted by Crippen LogP contribution is 2.30. The molecular formula is C13H18F2N2O2. The maximum atomic E-state index is 14.1. The number of halogens is 2. The summed E-state index contributed by atoms with van der Waals surface area (Å²) >= 11 is 0. The zero-order valence-corrected chi connectivity index (χ0v) is 11.3. The first-order valence-electron chi connectivity index (χ1n) is 6.02. The second-order valence-electron chi connectivity index (χ2n) is 4.37. The fourth-order valence-electron chi connectivity index (χ4n) is 1.51. The molecule has 0 saturated heterocycles. The van der Waals surface area contributed by atoms with Crippen LogP contribution < -0.4 is 10.5 Å². The molecule has 1 aromatic carbocycles. The van der Waals surface area contributed by atoms with Gasteiger partial charge in [-0.25, -0.2) is 8.78 Å². The minimum Gasteiger partial charge on any atom is -0.488 e. The number of nitrogen functional groups attached to an aromatic ring is 1. The first kappa shape index (κ1) is 15.2. The van der Waals surface area contributed by atoms with Crippen LogP contribution in [0.2, 0.25) is 0 Å². The van der Waals surface area contributed by atoms with Crippen LogP contribution in [-0.2, 0) is 0 Å². The molecule has 19 heavy (non-hydrogen) atoms. The summed E-state index contributed by atoms with van der Waals surface area (Å²) in [4.78, 5) is 13.0. The van der Waals surface area contributed by atoms with E-state index in [2.05, 4.69) is 0 Å². The van der Waals surface area contributed by atoms with Crippen LogP contribution in [0.3, 0.4) is 0 Å². The van der Waals surface area contributed by atoms with Crippen molar-refractivity contribution in [3.05, 3.63) is 23.3 Å². The second kappa shape index (κ2) is 6.36. The number of nitrogens with two attached hydrogens (primary N) is 1. The van der Waals surface area contributed by atoms with Crippen molar-refractivity contribution in [1.29, 1.82) is 0 Å². The van der Waals surface area contributed by atoms with E-state index >= 15 is 0 Å². The third-order valence-electron chi connectivity index (χ3n) is 2.57. The zero-order chi connectivity index (χ0) is 14.6. The largest absolute Gasteiger partial charge is 0.488 e. The van der Waals surface area contributed by atoms with E-state index in [0.717, 1.165) is 12.5 Å². The van der Waals surface area contributed by atoms with Gasteiger partial charge >= 0.3 is 0 Å². The van der Waals surface area contributed by atoms with Crippen LogP contribution >= 0.6 is 0 Å². The summed E-state index contributed by atoms with van der Waals surface area (Å²) in [7, 11) is 2.92. The van der Waals surface area contributed by atoms with Crippen molar-refractivity contribution in [2.75, 3.05) is 26.4 Å². The summed E-state index contributed by atoms with van der Waals surface area (Å²) in [6, 6.07) is 0.904. The highest BCUT2D eigenvalue weighted by molar-refractivity contribution is 5.99. The average molecular weight is 272 g/mol. The standard InChI is InChI=1S/C13H18F2N2O2/c1-4-5-6-19-12-8(14)7-9(16)10(11(12)15)13(18)17(2)3/h7H,4-6,16H2,1-3H3. The summed E-state index contributed by atoms with van der Waals surface area (Å²) in [5.74, 6) is -3.13. The van der Waals surface area contributed by atoms with E-state index in [1.807, 2.05) is 6.92 Å². The number of hydrogen-bond donors (Lipinski definition) is 1. The molecule has 0 heterocycles. The lowest BCUT2D eigenvalue weighted by atomic mass is 10.1. The normalized spacial score (nSPS) is 10.4. The predicted octanol–water partition coefficient (Wildman–Crippen LogP) is 2.43. The third kappa shape index (κ3) is 3.33. The molecule has 0 spiro atoms. The number of hydrogen-bond acceptors (Lipinski definition) is 3. The number of benzene rings is 1. The fraction of sp³-hybridized carbons (Fsp3) is 0.462. The van der Waals surface area contributed by atoms with E-state index in [4.69, 9.17) is 10.5 Å². The number of ether oxygens (including phenoxy) is 1. The van der Waals surface area contributed by atoms with Crippen molar-refractivity contribution < 1.29 is 18.3 Å². The SMILES string of the molecule is CCCCOc1c(F)cc(N)c(C(=O)N(C)C)c1F. The number of unbranched alkanes of at least 4 members (excludes halogenated alkanes) is 1. The lowest BCUT2D eigenvalue weighted by molar-refractivity contribution is 0.0823. The molecule has 2 N–H and O–H groups in total. The molecule has 0 saturated carbocycles. The number of anilines is 1. The van der Waals surface area contributed by atoms with Gasteiger partial charge in [-0.05, 0) is 6.42 Å². The first-order chi connectivity index (χ1) is 8.90. The van der Waals surface area contributed by atoms with Gasteiger partial charge in [-0.2, -0.15) is 0 Å². The molecule has 0 unspecified atom stereocenters. The second-order valence-corrected chi connectivity index (χ2v) is 4.37. The van der Waals surface area contributed by atoms with Gasteiger partial charge in [-0.1, -0.05) is 13.3 Å². The Labute approximate surface area is 111 Å². The molecule has 106 valence electrons. The Morgan fingerprint density at radius 2 is 2.05 bits per heavy atom. The van der Waals surface area contributed by atoms with Crippen molar-refractivity contribution >= 4 is 11.6 Å². The zero-order valence-electron chi connectivity index (χ0n) is 11.3. The quantitative estimate of drug-likeness (QED) is 0.661. The van der Waals surface area contributed by atoms with Crippen LogP contribution in [0.4, 0.5) is 14.5 Å². The van der Waals surface area contributed by atoms with Crippen LogP contribution in [0.1, 0.15) is 30.1 Å². The average Bonchev–Trinajstić information content (AvgIpc) is 2.32. The van der Waals surface area contributed by atoms with Gasteiger partial charge in [-0.3, -0.25) is 4.79 Å². The molecule has 6 heteroatoms. The minimum atomic E-state index is -1.05. The Morgan fingerprint density at radius 1 is 1.42 bits per heavy atom. The van der Waals surface area contributed by atoms with Crippen LogP contribution in [0.5, 0.6) is 5.75 Å². The Bertz CT molecular complexity index is 476. The van der Waals surface area contributed by atoms with E-state index in [1.165, 1.54) is 19.0 Å². The summed E-state index contributed by atoms with van der Waals surface area (Å²) in [5.41, 5.74) is 4.90. The van der Waals surface area contributed by atoms with E-state index < -0.39 is 23.3 Å². The number of rotatable bonds is 5. The van der Waals surface area contributed by atoms with Crippen molar-refractivity contribution in [3.8, 4) is 5.75 Å². The highest BCUT2D eigenvalue weighted by atomic mass is 19.1. The summed E-state index contributed by atoms with van der Waals surface area (Å²) < 4.78 is 32.8. The molecule has 0 aliphatic heterocycles. The summed E-state index contributed by atoms with van der Waals surface area (Å²) in [6.45, 7) is 2.11. The highest BCUT2D eigenvalue weighted by Gasteiger charge is 2.24. The molecule has 4 nitrogen and oxygen atoms in total. The van der Waals surface area contributed by atoms with Gasteiger partial charge < -0.3 is 15.4 Å². The van der Waals surface area contributed by atoms with Crippen molar-refractivity contribution in [2.45, 2.75) is 19.8 Å². The summed E-state index contributed by atoms with van der Waals surface area (Å²) in [6.07, 6.45) is 1.50. The van der Waals surface area contributed by atoms with Crippen LogP contribution in [0, 0.1) is 11.6 Å². The number of nitrogens with zero attached hydrogens (tertiary/aromatic N) is 1. The molecular weight excluding hydrogens is 254 g/mol. The van der Waals surface area contributed by atoms with Gasteiger partial charge in [0.25, 0.3) is 5.91 Å². The Balaban J connectivity index is 3.19. The molecule has 0 bridgehead atoms. The fourth-order valence-corrected chi connectivity index (χ4v) is 1.51. The van der Waals surface area contributed by atoms with Gasteiger partial charge in [0.05, 0.1) is 12.3 Å². The summed E-state index contributed by atoms with van der Waals surface area (Å²) in [5, 5.41) is 0. The predicted molar refractivity (Wildman–Crippen MR) is 69.2 cm³/mol. The molecule has 1 aromatic rings. The molecule has 0 aromatic heterocycles. The van der Waals surface area contributed by atoms with Crippen LogP contribution in [-0.4, -0.2) is 31.5 Å². The lowest BCUT2D eigenvalue weighted by Gasteiger charge is -2.16. The molecule has 0 atom stereocenters. The van der Waals surface area contributed by atoms with E-state index in [9.17, 15) is 13.6 Å². The minimum absolute atomic E-state index is 0.184. The van der Waals surface area contributed by atoms with Gasteiger partial charge in [0.2, 0.25) is 0 Å². The van der Waals surface area contributed by atoms with Crippen LogP contribution in [0.15, 0.2) is 6.07 Å². The van der Waals surface area contributed by atoms with Crippen molar-refractivity contribution in [1.82, 2.24) is 4.90 Å². The Kier molecular flexibility index (Phi) is 5.09. The maximum Gasteiger partial charge on any atom is 0.258 e. The third-order valence-corrected chi connectivity index (χ3v) is 2.57. The molecule has 0 fully saturated rings. The molecule has 0 aliphatic carbocycles. The van der Waals surface area contributed by atoms with Crippen molar-refractivity contribution in [3.63, 3.8) is 0 Å². The molecule has 0 aliphatic rings. The lowest BCUT2D eigenvalue weighted by Crippen LogP contribution is -2.24. The van der Waals surface area contributed by atoms with Gasteiger partial charge in [0, 0.05) is 20.2 Å². The number of carbonyl (C=O) groups excluding carboxylic acids is 1. The van der Waals surface area contributed by atoms with Crippen LogP contribution in [0.25, 0.3) is 0 Å². The number of amides is 1. The molecule has 1 amide bonds.